The van der Waals surface area contributed by atoms with Gasteiger partial charge in [0.2, 0.25) is 0 Å². The molecule has 0 saturated carbocycles. The van der Waals surface area contributed by atoms with Crippen molar-refractivity contribution in [1.82, 2.24) is 4.90 Å². The van der Waals surface area contributed by atoms with Crippen LogP contribution in [0.1, 0.15) is 6.92 Å². The molecule has 1 radical (unpaired) electrons. The average molecular weight is 130 g/mol. The minimum Gasteiger partial charge on any atom is -0.384 e. The predicted molar refractivity (Wildman–Crippen MR) is 39.0 cm³/mol. The highest BCUT2D eigenvalue weighted by Crippen LogP contribution is 2.00. The summed E-state index contributed by atoms with van der Waals surface area (Å²) < 4.78 is 4.95. The molecule has 0 aromatic carbocycles. The highest BCUT2D eigenvalue weighted by molar-refractivity contribution is 4.68. The number of rotatable bonds is 4. The predicted octanol–water partition coefficient (Wildman–Crippen LogP) is 0.992. The Hall–Kier alpha value is -0.0800. The Morgan fingerprint density at radius 1 is 1.56 bits per heavy atom. The maximum absolute atomic E-state index is 4.95. The van der Waals surface area contributed by atoms with E-state index in [0.717, 1.165) is 6.61 Å². The molecule has 0 bridgehead atoms. The Labute approximate surface area is 57.8 Å². The highest BCUT2D eigenvalue weighted by atomic mass is 16.5. The maximum Gasteiger partial charge on any atom is 0.0503 e. The van der Waals surface area contributed by atoms with E-state index in [1.807, 2.05) is 19.0 Å². The number of hydrogen-bond donors (Lipinski definition) is 0. The first-order valence-electron chi connectivity index (χ1n) is 3.17. The lowest BCUT2D eigenvalue weighted by Gasteiger charge is -2.14. The van der Waals surface area contributed by atoms with Crippen molar-refractivity contribution >= 4 is 0 Å². The Morgan fingerprint density at radius 2 is 2.11 bits per heavy atom. The van der Waals surface area contributed by atoms with Crippen LogP contribution >= 0.6 is 0 Å². The van der Waals surface area contributed by atoms with Crippen LogP contribution in [0.25, 0.3) is 0 Å². The fraction of sp³-hybridized carbons (Fsp3) is 0.857. The molecule has 9 heavy (non-hydrogen) atoms. The van der Waals surface area contributed by atoms with E-state index in [0.29, 0.717) is 5.92 Å². The molecule has 0 aliphatic rings. The number of ether oxygens (including phenoxy) is 1. The zero-order valence-electron chi connectivity index (χ0n) is 6.72. The van der Waals surface area contributed by atoms with E-state index >= 15 is 0 Å². The lowest BCUT2D eigenvalue weighted by Crippen LogP contribution is -2.16. The summed E-state index contributed by atoms with van der Waals surface area (Å²) >= 11 is 0. The fourth-order valence-electron chi connectivity index (χ4n) is 0.815. The summed E-state index contributed by atoms with van der Waals surface area (Å²) in [5.41, 5.74) is 0. The van der Waals surface area contributed by atoms with E-state index in [1.165, 1.54) is 0 Å². The summed E-state index contributed by atoms with van der Waals surface area (Å²) in [6, 6.07) is 0. The molecule has 0 aliphatic heterocycles. The monoisotopic (exact) mass is 130 g/mol. The molecule has 0 aromatic heterocycles. The maximum atomic E-state index is 4.95. The fourth-order valence-corrected chi connectivity index (χ4v) is 0.815. The van der Waals surface area contributed by atoms with Crippen molar-refractivity contribution in [2.75, 3.05) is 27.8 Å². The zero-order chi connectivity index (χ0) is 7.28. The van der Waals surface area contributed by atoms with Crippen LogP contribution in [0.4, 0.5) is 0 Å². The van der Waals surface area contributed by atoms with Crippen molar-refractivity contribution in [1.29, 1.82) is 0 Å². The van der Waals surface area contributed by atoms with Gasteiger partial charge in [0.25, 0.3) is 0 Å². The molecule has 0 spiro atoms. The van der Waals surface area contributed by atoms with Crippen molar-refractivity contribution < 1.29 is 4.74 Å². The Balaban J connectivity index is 3.15. The molecular weight excluding hydrogens is 114 g/mol. The topological polar surface area (TPSA) is 12.5 Å². The van der Waals surface area contributed by atoms with E-state index in [4.69, 9.17) is 4.74 Å². The summed E-state index contributed by atoms with van der Waals surface area (Å²) in [5.74, 6) is 0.519. The van der Waals surface area contributed by atoms with Gasteiger partial charge in [0, 0.05) is 13.7 Å². The van der Waals surface area contributed by atoms with Gasteiger partial charge in [0.15, 0.2) is 0 Å². The van der Waals surface area contributed by atoms with Gasteiger partial charge < -0.3 is 9.64 Å². The Kier molecular flexibility index (Phi) is 4.72. The van der Waals surface area contributed by atoms with Crippen molar-refractivity contribution in [3.63, 3.8) is 0 Å². The minimum absolute atomic E-state index is 0.519. The molecule has 2 nitrogen and oxygen atoms in total. The van der Waals surface area contributed by atoms with Crippen LogP contribution in [0.5, 0.6) is 0 Å². The van der Waals surface area contributed by atoms with Gasteiger partial charge in [-0.2, -0.15) is 0 Å². The van der Waals surface area contributed by atoms with Crippen LogP contribution in [0.3, 0.4) is 0 Å². The zero-order valence-corrected chi connectivity index (χ0v) is 6.72. The molecular formula is C7H16NO. The first-order chi connectivity index (χ1) is 4.16. The molecule has 0 aromatic rings. The highest BCUT2D eigenvalue weighted by Gasteiger charge is 2.01. The molecule has 0 N–H and O–H groups in total. The summed E-state index contributed by atoms with van der Waals surface area (Å²) in [5, 5.41) is 0. The lowest BCUT2D eigenvalue weighted by atomic mass is 10.2. The second-order valence-electron chi connectivity index (χ2n) is 2.55. The molecule has 0 rings (SSSR count). The lowest BCUT2D eigenvalue weighted by molar-refractivity contribution is 0.160. The summed E-state index contributed by atoms with van der Waals surface area (Å²) in [6.07, 6.45) is 0. The standard InChI is InChI=1S/C7H16NO/c1-7(6-9-4)5-8(2)3/h5,7H,6H2,1-4H3. The third-order valence-corrected chi connectivity index (χ3v) is 0.982. The number of methoxy groups -OCH3 is 1. The quantitative estimate of drug-likeness (QED) is 0.562. The molecule has 0 fully saturated rings. The van der Waals surface area contributed by atoms with Gasteiger partial charge in [0.05, 0.1) is 6.61 Å². The SMILES string of the molecule is COCC(C)[CH]N(C)C. The van der Waals surface area contributed by atoms with Crippen LogP contribution in [0.2, 0.25) is 0 Å². The summed E-state index contributed by atoms with van der Waals surface area (Å²) in [4.78, 5) is 2.05. The van der Waals surface area contributed by atoms with E-state index in [-0.39, 0.29) is 0 Å². The molecule has 0 saturated heterocycles. The van der Waals surface area contributed by atoms with Crippen LogP contribution in [-0.4, -0.2) is 32.7 Å². The van der Waals surface area contributed by atoms with Gasteiger partial charge in [0.1, 0.15) is 0 Å². The molecule has 1 unspecified atom stereocenters. The van der Waals surface area contributed by atoms with Gasteiger partial charge in [-0.05, 0) is 20.0 Å². The molecule has 55 valence electrons. The van der Waals surface area contributed by atoms with E-state index in [9.17, 15) is 0 Å². The largest absolute Gasteiger partial charge is 0.384 e. The van der Waals surface area contributed by atoms with Gasteiger partial charge >= 0.3 is 0 Å². The first-order valence-corrected chi connectivity index (χ1v) is 3.17. The molecule has 1 atom stereocenters. The van der Waals surface area contributed by atoms with E-state index < -0.39 is 0 Å². The van der Waals surface area contributed by atoms with Crippen LogP contribution in [-0.2, 0) is 4.74 Å². The van der Waals surface area contributed by atoms with E-state index in [2.05, 4.69) is 13.5 Å². The Bertz CT molecular complexity index is 63.9. The van der Waals surface area contributed by atoms with Crippen molar-refractivity contribution in [2.45, 2.75) is 6.92 Å². The molecule has 0 aliphatic carbocycles. The third kappa shape index (κ3) is 5.80. The average Bonchev–Trinajstić information content (AvgIpc) is 1.63. The summed E-state index contributed by atoms with van der Waals surface area (Å²) in [7, 11) is 5.76. The second kappa shape index (κ2) is 4.77. The minimum atomic E-state index is 0.519. The molecule has 0 heterocycles. The molecule has 0 amide bonds. The van der Waals surface area contributed by atoms with Gasteiger partial charge in [-0.25, -0.2) is 0 Å². The first kappa shape index (κ1) is 8.92. The van der Waals surface area contributed by atoms with Crippen LogP contribution in [0, 0.1) is 12.5 Å². The Morgan fingerprint density at radius 3 is 2.44 bits per heavy atom. The van der Waals surface area contributed by atoms with Gasteiger partial charge in [-0.1, -0.05) is 6.92 Å². The van der Waals surface area contributed by atoms with Crippen LogP contribution < -0.4 is 0 Å². The van der Waals surface area contributed by atoms with Crippen LogP contribution in [0.15, 0.2) is 0 Å². The third-order valence-electron chi connectivity index (χ3n) is 0.982. The number of nitrogens with zero attached hydrogens (tertiary/aromatic N) is 1. The normalized spacial score (nSPS) is 14.3. The second-order valence-corrected chi connectivity index (χ2v) is 2.55. The van der Waals surface area contributed by atoms with Gasteiger partial charge in [-0.3, -0.25) is 0 Å². The number of hydrogen-bond acceptors (Lipinski definition) is 2. The summed E-state index contributed by atoms with van der Waals surface area (Å²) in [6.45, 7) is 5.06. The smallest absolute Gasteiger partial charge is 0.0503 e. The van der Waals surface area contributed by atoms with E-state index in [1.54, 1.807) is 7.11 Å². The molecule has 2 heteroatoms. The van der Waals surface area contributed by atoms with Crippen molar-refractivity contribution in [2.24, 2.45) is 5.92 Å². The van der Waals surface area contributed by atoms with Gasteiger partial charge in [-0.15, -0.1) is 0 Å². The van der Waals surface area contributed by atoms with Crippen molar-refractivity contribution in [3.05, 3.63) is 6.54 Å². The van der Waals surface area contributed by atoms with Crippen molar-refractivity contribution in [3.8, 4) is 0 Å².